The number of benzene rings is 1. The average Bonchev–Trinajstić information content (AvgIpc) is 2.74. The molecule has 2 N–H and O–H groups in total. The van der Waals surface area contributed by atoms with E-state index in [0.29, 0.717) is 19.4 Å². The summed E-state index contributed by atoms with van der Waals surface area (Å²) in [5.74, 6) is -1.03. The molecule has 1 saturated heterocycles. The molecule has 1 aromatic carbocycles. The first kappa shape index (κ1) is 24.4. The maximum absolute atomic E-state index is 12.0. The van der Waals surface area contributed by atoms with Gasteiger partial charge in [0.15, 0.2) is 0 Å². The molecular formula is C20H28ClN3O5. The van der Waals surface area contributed by atoms with Gasteiger partial charge in [-0.2, -0.15) is 0 Å². The highest BCUT2D eigenvalue weighted by Crippen LogP contribution is 2.10. The quantitative estimate of drug-likeness (QED) is 0.504. The molecule has 3 amide bonds. The molecule has 1 fully saturated rings. The molecule has 0 radical (unpaired) electrons. The van der Waals surface area contributed by atoms with Crippen molar-refractivity contribution in [1.82, 2.24) is 15.5 Å². The lowest BCUT2D eigenvalue weighted by Gasteiger charge is -2.32. The molecule has 2 atom stereocenters. The predicted molar refractivity (Wildman–Crippen MR) is 109 cm³/mol. The molecule has 1 aliphatic rings. The molecule has 2 unspecified atom stereocenters. The zero-order valence-electron chi connectivity index (χ0n) is 16.9. The Morgan fingerprint density at radius 2 is 1.93 bits per heavy atom. The van der Waals surface area contributed by atoms with Crippen molar-refractivity contribution in [3.05, 3.63) is 35.9 Å². The van der Waals surface area contributed by atoms with Crippen LogP contribution < -0.4 is 10.6 Å². The molecule has 160 valence electrons. The summed E-state index contributed by atoms with van der Waals surface area (Å²) >= 11 is 5.24. The van der Waals surface area contributed by atoms with Crippen LogP contribution in [0.3, 0.4) is 0 Å². The molecule has 8 nitrogen and oxygen atoms in total. The fraction of sp³-hybridized carbons (Fsp3) is 0.500. The maximum Gasteiger partial charge on any atom is 0.328 e. The minimum atomic E-state index is -0.582. The van der Waals surface area contributed by atoms with Crippen LogP contribution in [-0.2, 0) is 30.5 Å². The number of alkyl halides is 1. The number of nitrogens with zero attached hydrogens (tertiary/aromatic N) is 1. The third kappa shape index (κ3) is 8.11. The van der Waals surface area contributed by atoms with E-state index in [1.165, 1.54) is 7.11 Å². The third-order valence-corrected chi connectivity index (χ3v) is 4.50. The van der Waals surface area contributed by atoms with Crippen LogP contribution in [0.5, 0.6) is 0 Å². The van der Waals surface area contributed by atoms with Gasteiger partial charge in [0, 0.05) is 6.54 Å². The summed E-state index contributed by atoms with van der Waals surface area (Å²) in [4.78, 5) is 46.8. The van der Waals surface area contributed by atoms with Gasteiger partial charge in [0.05, 0.1) is 13.7 Å². The SMILES string of the molecule is CCC(NC(=O)CCl)C(=O)OC.CCC1NC(=O)CN(Cc2ccccc2)C1=O. The second-order valence-electron chi connectivity index (χ2n) is 6.39. The van der Waals surface area contributed by atoms with Gasteiger partial charge < -0.3 is 20.3 Å². The number of piperazine rings is 1. The molecule has 0 bridgehead atoms. The standard InChI is InChI=1S/C13H16N2O2.C7H12ClNO3/c1-2-11-13(17)15(9-12(16)14-11)8-10-6-4-3-5-7-10;1-3-5(7(11)12-2)9-6(10)4-8/h3-7,11H,2,8-9H2,1H3,(H,14,16);5H,3-4H2,1-2H3,(H,9,10). The maximum atomic E-state index is 12.0. The van der Waals surface area contributed by atoms with Gasteiger partial charge in [0.1, 0.15) is 18.0 Å². The largest absolute Gasteiger partial charge is 0.467 e. The van der Waals surface area contributed by atoms with Crippen LogP contribution in [0.4, 0.5) is 0 Å². The number of hydrogen-bond acceptors (Lipinski definition) is 5. The summed E-state index contributed by atoms with van der Waals surface area (Å²) in [5, 5.41) is 5.12. The Hall–Kier alpha value is -2.61. The van der Waals surface area contributed by atoms with Crippen LogP contribution >= 0.6 is 11.6 Å². The number of methoxy groups -OCH3 is 1. The number of amides is 3. The van der Waals surface area contributed by atoms with E-state index in [-0.39, 0.29) is 36.2 Å². The summed E-state index contributed by atoms with van der Waals surface area (Å²) in [7, 11) is 1.28. The number of nitrogens with one attached hydrogen (secondary N) is 2. The average molecular weight is 426 g/mol. The monoisotopic (exact) mass is 425 g/mol. The minimum Gasteiger partial charge on any atom is -0.467 e. The van der Waals surface area contributed by atoms with E-state index in [4.69, 9.17) is 11.6 Å². The Kier molecular flexibility index (Phi) is 10.8. The Labute approximate surface area is 175 Å². The van der Waals surface area contributed by atoms with Crippen molar-refractivity contribution in [2.75, 3.05) is 19.5 Å². The smallest absolute Gasteiger partial charge is 0.328 e. The molecule has 9 heteroatoms. The van der Waals surface area contributed by atoms with Crippen molar-refractivity contribution in [3.8, 4) is 0 Å². The topological polar surface area (TPSA) is 105 Å². The van der Waals surface area contributed by atoms with E-state index in [0.717, 1.165) is 5.56 Å². The van der Waals surface area contributed by atoms with E-state index in [1.54, 1.807) is 11.8 Å². The highest BCUT2D eigenvalue weighted by molar-refractivity contribution is 6.27. The lowest BCUT2D eigenvalue weighted by atomic mass is 10.1. The summed E-state index contributed by atoms with van der Waals surface area (Å²) in [5.41, 5.74) is 1.05. The van der Waals surface area contributed by atoms with Crippen LogP contribution in [-0.4, -0.2) is 60.2 Å². The third-order valence-electron chi connectivity index (χ3n) is 4.25. The molecule has 2 rings (SSSR count). The van der Waals surface area contributed by atoms with Gasteiger partial charge >= 0.3 is 5.97 Å². The lowest BCUT2D eigenvalue weighted by molar-refractivity contribution is -0.145. The first-order chi connectivity index (χ1) is 13.9. The van der Waals surface area contributed by atoms with Crippen molar-refractivity contribution in [2.45, 2.75) is 45.3 Å². The molecular weight excluding hydrogens is 398 g/mol. The van der Waals surface area contributed by atoms with Crippen LogP contribution in [0.25, 0.3) is 0 Å². The molecule has 0 spiro atoms. The second-order valence-corrected chi connectivity index (χ2v) is 6.66. The van der Waals surface area contributed by atoms with Crippen LogP contribution in [0.1, 0.15) is 32.3 Å². The Bertz CT molecular complexity index is 699. The summed E-state index contributed by atoms with van der Waals surface area (Å²) in [6, 6.07) is 8.77. The predicted octanol–water partition coefficient (Wildman–Crippen LogP) is 1.22. The molecule has 1 aromatic rings. The molecule has 1 aliphatic heterocycles. The Morgan fingerprint density at radius 3 is 2.45 bits per heavy atom. The fourth-order valence-corrected chi connectivity index (χ4v) is 2.77. The van der Waals surface area contributed by atoms with E-state index >= 15 is 0 Å². The van der Waals surface area contributed by atoms with Gasteiger partial charge in [-0.1, -0.05) is 44.2 Å². The molecule has 0 aliphatic carbocycles. The van der Waals surface area contributed by atoms with E-state index in [9.17, 15) is 19.2 Å². The Morgan fingerprint density at radius 1 is 1.28 bits per heavy atom. The van der Waals surface area contributed by atoms with Crippen molar-refractivity contribution in [3.63, 3.8) is 0 Å². The van der Waals surface area contributed by atoms with Gasteiger partial charge in [-0.25, -0.2) is 4.79 Å². The number of hydrogen-bond donors (Lipinski definition) is 2. The Balaban J connectivity index is 0.000000311. The fourth-order valence-electron chi connectivity index (χ4n) is 2.69. The van der Waals surface area contributed by atoms with Gasteiger partial charge in [0.25, 0.3) is 0 Å². The number of rotatable bonds is 7. The van der Waals surface area contributed by atoms with Gasteiger partial charge in [-0.05, 0) is 18.4 Å². The molecule has 29 heavy (non-hydrogen) atoms. The van der Waals surface area contributed by atoms with Gasteiger partial charge in [0.2, 0.25) is 17.7 Å². The van der Waals surface area contributed by atoms with E-state index in [2.05, 4.69) is 15.4 Å². The lowest BCUT2D eigenvalue weighted by Crippen LogP contribution is -2.57. The highest BCUT2D eigenvalue weighted by atomic mass is 35.5. The number of carbonyl (C=O) groups is 4. The van der Waals surface area contributed by atoms with E-state index in [1.807, 2.05) is 37.3 Å². The molecule has 0 saturated carbocycles. The van der Waals surface area contributed by atoms with Crippen LogP contribution in [0, 0.1) is 0 Å². The normalized spacial score (nSPS) is 16.8. The van der Waals surface area contributed by atoms with Gasteiger partial charge in [-0.3, -0.25) is 14.4 Å². The van der Waals surface area contributed by atoms with Crippen LogP contribution in [0.15, 0.2) is 30.3 Å². The zero-order valence-corrected chi connectivity index (χ0v) is 17.7. The molecule has 1 heterocycles. The number of esters is 1. The van der Waals surface area contributed by atoms with E-state index < -0.39 is 12.0 Å². The summed E-state index contributed by atoms with van der Waals surface area (Å²) in [6.45, 7) is 4.33. The van der Waals surface area contributed by atoms with Crippen LogP contribution in [0.2, 0.25) is 0 Å². The van der Waals surface area contributed by atoms with Gasteiger partial charge in [-0.15, -0.1) is 11.6 Å². The van der Waals surface area contributed by atoms with Crippen molar-refractivity contribution >= 4 is 35.3 Å². The van der Waals surface area contributed by atoms with Crippen molar-refractivity contribution in [2.24, 2.45) is 0 Å². The zero-order chi connectivity index (χ0) is 21.8. The number of ether oxygens (including phenoxy) is 1. The summed E-state index contributed by atoms with van der Waals surface area (Å²) < 4.78 is 4.45. The minimum absolute atomic E-state index is 0.0101. The number of carbonyl (C=O) groups excluding carboxylic acids is 4. The first-order valence-electron chi connectivity index (χ1n) is 9.41. The summed E-state index contributed by atoms with van der Waals surface area (Å²) in [6.07, 6.45) is 1.13. The first-order valence-corrected chi connectivity index (χ1v) is 9.94. The van der Waals surface area contributed by atoms with Crippen molar-refractivity contribution < 1.29 is 23.9 Å². The second kappa shape index (κ2) is 12.8. The highest BCUT2D eigenvalue weighted by Gasteiger charge is 2.31. The van der Waals surface area contributed by atoms with Crippen molar-refractivity contribution in [1.29, 1.82) is 0 Å². The number of halogens is 1. The molecule has 0 aromatic heterocycles.